The lowest BCUT2D eigenvalue weighted by Crippen LogP contribution is -2.29. The van der Waals surface area contributed by atoms with Crippen LogP contribution in [0.3, 0.4) is 0 Å². The largest absolute Gasteiger partial charge is 0.356 e. The predicted octanol–water partition coefficient (Wildman–Crippen LogP) is 3.30. The molecule has 0 rings (SSSR count). The van der Waals surface area contributed by atoms with Crippen molar-refractivity contribution in [2.45, 2.75) is 73.6 Å². The molecule has 4 heteroatoms. The third kappa shape index (κ3) is 15.5. The van der Waals surface area contributed by atoms with Crippen LogP contribution >= 0.6 is 0 Å². The van der Waals surface area contributed by atoms with Crippen LogP contribution in [0.4, 0.5) is 0 Å². The van der Waals surface area contributed by atoms with Gasteiger partial charge in [0.05, 0.1) is 6.54 Å². The van der Waals surface area contributed by atoms with Crippen LogP contribution in [0.1, 0.15) is 73.6 Å². The van der Waals surface area contributed by atoms with Gasteiger partial charge in [-0.15, -0.1) is 0 Å². The van der Waals surface area contributed by atoms with Crippen LogP contribution in [-0.4, -0.2) is 31.3 Å². The maximum Gasteiger partial charge on any atom is 0.220 e. The van der Waals surface area contributed by atoms with Crippen LogP contribution < -0.4 is 10.6 Å². The Kier molecular flexibility index (Phi) is 9.58. The number of nitrogens with one attached hydrogen (secondary N) is 2. The summed E-state index contributed by atoms with van der Waals surface area (Å²) in [5.74, 6) is 0.409. The first kappa shape index (κ1) is 21.1. The average molecular weight is 312 g/mol. The van der Waals surface area contributed by atoms with E-state index in [-0.39, 0.29) is 22.5 Å². The molecule has 0 atom stereocenters. The van der Waals surface area contributed by atoms with Crippen LogP contribution in [-0.2, 0) is 9.59 Å². The molecule has 0 aliphatic heterocycles. The van der Waals surface area contributed by atoms with Gasteiger partial charge in [0.15, 0.2) is 0 Å². The summed E-state index contributed by atoms with van der Waals surface area (Å²) in [6.07, 6.45) is 4.07. The summed E-state index contributed by atoms with van der Waals surface area (Å²) >= 11 is 0. The summed E-state index contributed by atoms with van der Waals surface area (Å²) in [7, 11) is 0. The zero-order chi connectivity index (χ0) is 17.2. The third-order valence-corrected chi connectivity index (χ3v) is 3.27. The van der Waals surface area contributed by atoms with Gasteiger partial charge in [0.2, 0.25) is 5.91 Å². The standard InChI is InChI=1S/C18H36N2O2/c1-17(2,3)10-9-15(21)14-19-11-7-8-12-20-16(22)13-18(4,5)6/h19H,7-14H2,1-6H3,(H,20,22). The van der Waals surface area contributed by atoms with Crippen molar-refractivity contribution in [2.75, 3.05) is 19.6 Å². The quantitative estimate of drug-likeness (QED) is 0.609. The van der Waals surface area contributed by atoms with Crippen molar-refractivity contribution in [3.8, 4) is 0 Å². The second kappa shape index (κ2) is 9.98. The summed E-state index contributed by atoms with van der Waals surface area (Å²) in [5.41, 5.74) is 0.264. The Hall–Kier alpha value is -0.900. The number of ketones is 1. The zero-order valence-electron chi connectivity index (χ0n) is 15.5. The first-order chi connectivity index (χ1) is 9.99. The van der Waals surface area contributed by atoms with E-state index in [2.05, 4.69) is 52.2 Å². The molecule has 0 aliphatic rings. The molecule has 0 aromatic heterocycles. The van der Waals surface area contributed by atoms with Crippen molar-refractivity contribution in [1.82, 2.24) is 10.6 Å². The maximum atomic E-state index is 11.7. The normalized spacial score (nSPS) is 12.3. The molecule has 0 spiro atoms. The lowest BCUT2D eigenvalue weighted by atomic mass is 9.89. The van der Waals surface area contributed by atoms with E-state index >= 15 is 0 Å². The lowest BCUT2D eigenvalue weighted by molar-refractivity contribution is -0.122. The molecule has 1 amide bonds. The minimum Gasteiger partial charge on any atom is -0.356 e. The molecule has 22 heavy (non-hydrogen) atoms. The van der Waals surface area contributed by atoms with Crippen LogP contribution in [0.2, 0.25) is 0 Å². The summed E-state index contributed by atoms with van der Waals surface area (Å²) in [5, 5.41) is 6.13. The molecule has 0 unspecified atom stereocenters. The van der Waals surface area contributed by atoms with Crippen LogP contribution in [0.25, 0.3) is 0 Å². The number of hydrogen-bond donors (Lipinski definition) is 2. The van der Waals surface area contributed by atoms with Crippen molar-refractivity contribution in [1.29, 1.82) is 0 Å². The van der Waals surface area contributed by atoms with Gasteiger partial charge < -0.3 is 10.6 Å². The van der Waals surface area contributed by atoms with Crippen molar-refractivity contribution in [2.24, 2.45) is 10.8 Å². The van der Waals surface area contributed by atoms with E-state index in [1.54, 1.807) is 0 Å². The molecule has 0 aliphatic carbocycles. The van der Waals surface area contributed by atoms with Gasteiger partial charge in [-0.1, -0.05) is 41.5 Å². The summed E-state index contributed by atoms with van der Waals surface area (Å²) in [6, 6.07) is 0. The molecule has 0 fully saturated rings. The fraction of sp³-hybridized carbons (Fsp3) is 0.889. The molecular formula is C18H36N2O2. The average Bonchev–Trinajstić information content (AvgIpc) is 2.32. The van der Waals surface area contributed by atoms with E-state index < -0.39 is 0 Å². The number of Topliss-reactive ketones (excluding diaryl/α,β-unsaturated/α-hetero) is 1. The SMILES string of the molecule is CC(C)(C)CCC(=O)CNCCCCNC(=O)CC(C)(C)C. The van der Waals surface area contributed by atoms with Crippen molar-refractivity contribution < 1.29 is 9.59 Å². The van der Waals surface area contributed by atoms with Crippen LogP contribution in [0.5, 0.6) is 0 Å². The summed E-state index contributed by atoms with van der Waals surface area (Å²) in [6.45, 7) is 14.7. The van der Waals surface area contributed by atoms with Crippen LogP contribution in [0, 0.1) is 10.8 Å². The Balaban J connectivity index is 3.47. The van der Waals surface area contributed by atoms with E-state index in [0.717, 1.165) is 25.8 Å². The number of rotatable bonds is 10. The van der Waals surface area contributed by atoms with Gasteiger partial charge in [-0.25, -0.2) is 0 Å². The van der Waals surface area contributed by atoms with Gasteiger partial charge in [0.1, 0.15) is 5.78 Å². The van der Waals surface area contributed by atoms with Crippen molar-refractivity contribution >= 4 is 11.7 Å². The Labute approximate surface area is 136 Å². The molecule has 0 saturated carbocycles. The molecule has 0 saturated heterocycles. The molecule has 0 heterocycles. The molecule has 2 N–H and O–H groups in total. The molecule has 0 bridgehead atoms. The highest BCUT2D eigenvalue weighted by Gasteiger charge is 2.15. The molecule has 130 valence electrons. The van der Waals surface area contributed by atoms with E-state index in [1.807, 2.05) is 0 Å². The highest BCUT2D eigenvalue weighted by Crippen LogP contribution is 2.20. The number of amides is 1. The van der Waals surface area contributed by atoms with Gasteiger partial charge in [-0.3, -0.25) is 9.59 Å². The first-order valence-corrected chi connectivity index (χ1v) is 8.49. The van der Waals surface area contributed by atoms with Gasteiger partial charge in [0.25, 0.3) is 0 Å². The fourth-order valence-corrected chi connectivity index (χ4v) is 1.98. The van der Waals surface area contributed by atoms with Gasteiger partial charge in [0, 0.05) is 19.4 Å². The number of carbonyl (C=O) groups is 2. The highest BCUT2D eigenvalue weighted by molar-refractivity contribution is 5.80. The topological polar surface area (TPSA) is 58.2 Å². The highest BCUT2D eigenvalue weighted by atomic mass is 16.1. The first-order valence-electron chi connectivity index (χ1n) is 8.49. The van der Waals surface area contributed by atoms with E-state index in [9.17, 15) is 9.59 Å². The minimum atomic E-state index is 0.0407. The second-order valence-corrected chi connectivity index (χ2v) is 8.57. The zero-order valence-corrected chi connectivity index (χ0v) is 15.5. The van der Waals surface area contributed by atoms with Crippen LogP contribution in [0.15, 0.2) is 0 Å². The van der Waals surface area contributed by atoms with Gasteiger partial charge in [-0.05, 0) is 36.6 Å². The molecule has 0 aromatic carbocycles. The monoisotopic (exact) mass is 312 g/mol. The Morgan fingerprint density at radius 1 is 0.864 bits per heavy atom. The summed E-state index contributed by atoms with van der Waals surface area (Å²) < 4.78 is 0. The Morgan fingerprint density at radius 3 is 2.00 bits per heavy atom. The number of unbranched alkanes of at least 4 members (excludes halogenated alkanes) is 1. The summed E-state index contributed by atoms with van der Waals surface area (Å²) in [4.78, 5) is 23.3. The van der Waals surface area contributed by atoms with Crippen molar-refractivity contribution in [3.05, 3.63) is 0 Å². The van der Waals surface area contributed by atoms with Gasteiger partial charge >= 0.3 is 0 Å². The maximum absolute atomic E-state index is 11.7. The van der Waals surface area contributed by atoms with E-state index in [4.69, 9.17) is 0 Å². The minimum absolute atomic E-state index is 0.0407. The predicted molar refractivity (Wildman–Crippen MR) is 92.9 cm³/mol. The Bertz CT molecular complexity index is 338. The number of hydrogen-bond acceptors (Lipinski definition) is 3. The second-order valence-electron chi connectivity index (χ2n) is 8.57. The van der Waals surface area contributed by atoms with E-state index in [0.29, 0.717) is 25.9 Å². The van der Waals surface area contributed by atoms with Gasteiger partial charge in [-0.2, -0.15) is 0 Å². The Morgan fingerprint density at radius 2 is 1.45 bits per heavy atom. The van der Waals surface area contributed by atoms with E-state index in [1.165, 1.54) is 0 Å². The molecule has 0 radical (unpaired) electrons. The number of carbonyl (C=O) groups excluding carboxylic acids is 2. The smallest absolute Gasteiger partial charge is 0.220 e. The molecular weight excluding hydrogens is 276 g/mol. The fourth-order valence-electron chi connectivity index (χ4n) is 1.98. The third-order valence-electron chi connectivity index (χ3n) is 3.27. The molecule has 4 nitrogen and oxygen atoms in total. The lowest BCUT2D eigenvalue weighted by Gasteiger charge is -2.17. The van der Waals surface area contributed by atoms with Crippen molar-refractivity contribution in [3.63, 3.8) is 0 Å². The molecule has 0 aromatic rings.